The quantitative estimate of drug-likeness (QED) is 0.431. The average molecular weight is 464 g/mol. The molecule has 1 aromatic carbocycles. The van der Waals surface area contributed by atoms with Gasteiger partial charge in [-0.25, -0.2) is 0 Å². The number of methoxy groups -OCH3 is 1. The van der Waals surface area contributed by atoms with E-state index in [0.717, 1.165) is 29.8 Å². The van der Waals surface area contributed by atoms with Crippen LogP contribution in [0.5, 0.6) is 0 Å². The molecule has 0 saturated carbocycles. The number of ether oxygens (including phenoxy) is 2. The summed E-state index contributed by atoms with van der Waals surface area (Å²) in [6.45, 7) is 15.1. The van der Waals surface area contributed by atoms with Crippen LogP contribution in [0.2, 0.25) is 23.2 Å². The molecule has 0 aromatic heterocycles. The fraction of sp³-hybridized carbons (Fsp3) is 0.652. The van der Waals surface area contributed by atoms with Gasteiger partial charge in [0.15, 0.2) is 8.32 Å². The van der Waals surface area contributed by atoms with Crippen molar-refractivity contribution in [2.75, 3.05) is 26.9 Å². The molecule has 1 aromatic rings. The lowest BCUT2D eigenvalue weighted by Crippen LogP contribution is -2.50. The van der Waals surface area contributed by atoms with E-state index >= 15 is 0 Å². The Morgan fingerprint density at radius 2 is 2.00 bits per heavy atom. The van der Waals surface area contributed by atoms with Gasteiger partial charge in [0, 0.05) is 19.2 Å². The highest BCUT2D eigenvalue weighted by atomic mass is 35.5. The van der Waals surface area contributed by atoms with Gasteiger partial charge in [0.1, 0.15) is 18.2 Å². The van der Waals surface area contributed by atoms with Gasteiger partial charge in [-0.05, 0) is 43.1 Å². The molecule has 2 aliphatic heterocycles. The maximum atomic E-state index is 9.31. The maximum Gasteiger partial charge on any atom is 0.192 e. The third-order valence-corrected chi connectivity index (χ3v) is 11.8. The van der Waals surface area contributed by atoms with Gasteiger partial charge in [-0.1, -0.05) is 38.4 Å². The topological polar surface area (TPSA) is 67.1 Å². The zero-order chi connectivity index (χ0) is 23.0. The lowest BCUT2D eigenvalue weighted by molar-refractivity contribution is -0.00147. The minimum absolute atomic E-state index is 0.0230. The summed E-state index contributed by atoms with van der Waals surface area (Å²) in [5.41, 5.74) is 3.10. The van der Waals surface area contributed by atoms with Gasteiger partial charge < -0.3 is 13.9 Å². The number of rotatable bonds is 7. The van der Waals surface area contributed by atoms with E-state index in [4.69, 9.17) is 30.6 Å². The fourth-order valence-corrected chi connectivity index (χ4v) is 5.55. The molecule has 0 unspecified atom stereocenters. The third-order valence-electron chi connectivity index (χ3n) is 6.80. The number of nitriles is 1. The summed E-state index contributed by atoms with van der Waals surface area (Å²) in [6, 6.07) is 5.86. The van der Waals surface area contributed by atoms with Crippen LogP contribution in [-0.4, -0.2) is 64.2 Å². The molecule has 1 saturated heterocycles. The molecule has 170 valence electrons. The second-order valence-corrected chi connectivity index (χ2v) is 15.0. The Morgan fingerprint density at radius 1 is 1.29 bits per heavy atom. The van der Waals surface area contributed by atoms with Crippen LogP contribution in [0.4, 0.5) is 0 Å². The van der Waals surface area contributed by atoms with Crippen molar-refractivity contribution in [3.05, 3.63) is 33.8 Å². The first-order valence-corrected chi connectivity index (χ1v) is 14.1. The van der Waals surface area contributed by atoms with Gasteiger partial charge in [-0.3, -0.25) is 5.01 Å². The van der Waals surface area contributed by atoms with Gasteiger partial charge in [0.25, 0.3) is 0 Å². The molecule has 0 spiro atoms. The SMILES string of the molecule is COCCO[C@@H]1C(c2ccc(C#N)c(Cl)c2C)=NN2CC[C@H](O[Si](C)(C)C(C)(C)C)[C@@H]12. The molecule has 0 aliphatic carbocycles. The van der Waals surface area contributed by atoms with Crippen molar-refractivity contribution in [3.63, 3.8) is 0 Å². The van der Waals surface area contributed by atoms with E-state index in [1.807, 2.05) is 13.0 Å². The molecule has 0 N–H and O–H groups in total. The summed E-state index contributed by atoms with van der Waals surface area (Å²) >= 11 is 6.47. The summed E-state index contributed by atoms with van der Waals surface area (Å²) in [5, 5.41) is 17.0. The van der Waals surface area contributed by atoms with Crippen molar-refractivity contribution in [2.24, 2.45) is 5.10 Å². The van der Waals surface area contributed by atoms with Crippen LogP contribution < -0.4 is 0 Å². The van der Waals surface area contributed by atoms with Crippen LogP contribution in [0.1, 0.15) is 43.9 Å². The lowest BCUT2D eigenvalue weighted by atomic mass is 9.94. The van der Waals surface area contributed by atoms with Gasteiger partial charge in [-0.2, -0.15) is 10.4 Å². The van der Waals surface area contributed by atoms with E-state index in [9.17, 15) is 5.26 Å². The number of nitrogens with zero attached hydrogens (tertiary/aromatic N) is 3. The van der Waals surface area contributed by atoms with Gasteiger partial charge in [-0.15, -0.1) is 0 Å². The lowest BCUT2D eigenvalue weighted by Gasteiger charge is -2.40. The summed E-state index contributed by atoms with van der Waals surface area (Å²) in [4.78, 5) is 0. The third kappa shape index (κ3) is 4.69. The highest BCUT2D eigenvalue weighted by molar-refractivity contribution is 6.74. The zero-order valence-electron chi connectivity index (χ0n) is 19.7. The Labute approximate surface area is 192 Å². The molecular formula is C23H34ClN3O3Si. The summed E-state index contributed by atoms with van der Waals surface area (Å²) in [5.74, 6) is 0. The van der Waals surface area contributed by atoms with Crippen molar-refractivity contribution < 1.29 is 13.9 Å². The maximum absolute atomic E-state index is 9.31. The molecule has 0 amide bonds. The first kappa shape index (κ1) is 24.2. The van der Waals surface area contributed by atoms with Crippen molar-refractivity contribution in [1.82, 2.24) is 5.01 Å². The first-order chi connectivity index (χ1) is 14.5. The fourth-order valence-electron chi connectivity index (χ4n) is 3.97. The molecule has 2 aliphatic rings. The predicted molar refractivity (Wildman–Crippen MR) is 126 cm³/mol. The van der Waals surface area contributed by atoms with Crippen LogP contribution in [0.15, 0.2) is 17.2 Å². The van der Waals surface area contributed by atoms with Crippen LogP contribution in [0.3, 0.4) is 0 Å². The van der Waals surface area contributed by atoms with Crippen LogP contribution >= 0.6 is 11.6 Å². The molecule has 0 radical (unpaired) electrons. The smallest absolute Gasteiger partial charge is 0.192 e. The van der Waals surface area contributed by atoms with Crippen molar-refractivity contribution in [3.8, 4) is 6.07 Å². The molecule has 1 fully saturated rings. The molecular weight excluding hydrogens is 430 g/mol. The predicted octanol–water partition coefficient (Wildman–Crippen LogP) is 4.73. The number of hydrazone groups is 1. The van der Waals surface area contributed by atoms with Crippen LogP contribution in [0, 0.1) is 18.3 Å². The number of halogens is 1. The van der Waals surface area contributed by atoms with Gasteiger partial charge in [0.05, 0.1) is 35.6 Å². The van der Waals surface area contributed by atoms with E-state index in [1.54, 1.807) is 13.2 Å². The van der Waals surface area contributed by atoms with E-state index < -0.39 is 8.32 Å². The Hall–Kier alpha value is -1.43. The highest BCUT2D eigenvalue weighted by Gasteiger charge is 2.51. The largest absolute Gasteiger partial charge is 0.412 e. The molecule has 3 atom stereocenters. The average Bonchev–Trinajstić information content (AvgIpc) is 3.23. The first-order valence-electron chi connectivity index (χ1n) is 10.8. The second kappa shape index (κ2) is 9.20. The Bertz CT molecular complexity index is 891. The van der Waals surface area contributed by atoms with Gasteiger partial charge >= 0.3 is 0 Å². The normalized spacial score (nSPS) is 23.6. The van der Waals surface area contributed by atoms with Crippen molar-refractivity contribution >= 4 is 25.6 Å². The molecule has 6 nitrogen and oxygen atoms in total. The number of fused-ring (bicyclic) bond motifs is 1. The van der Waals surface area contributed by atoms with Crippen LogP contribution in [0.25, 0.3) is 0 Å². The Kier molecular flexibility index (Phi) is 7.19. The molecule has 31 heavy (non-hydrogen) atoms. The minimum Gasteiger partial charge on any atom is -0.412 e. The number of hydrogen-bond acceptors (Lipinski definition) is 6. The van der Waals surface area contributed by atoms with E-state index in [-0.39, 0.29) is 23.3 Å². The van der Waals surface area contributed by atoms with E-state index in [2.05, 4.69) is 44.9 Å². The van der Waals surface area contributed by atoms with Crippen molar-refractivity contribution in [1.29, 1.82) is 5.26 Å². The summed E-state index contributed by atoms with van der Waals surface area (Å²) in [7, 11) is -0.277. The van der Waals surface area contributed by atoms with E-state index in [1.165, 1.54) is 0 Å². The standard InChI is InChI=1S/C23H34ClN3O3Si/c1-15-17(9-8-16(14-25)19(15)24)20-22(29-13-12-28-5)21-18(10-11-27(21)26-20)30-31(6,7)23(2,3)4/h8-9,18,21-22H,10-13H2,1-7H3/t18-,21-,22+/m0/s1. The Morgan fingerprint density at radius 3 is 2.61 bits per heavy atom. The monoisotopic (exact) mass is 463 g/mol. The summed E-state index contributed by atoms with van der Waals surface area (Å²) < 4.78 is 18.4. The Balaban J connectivity index is 1.94. The molecule has 0 bridgehead atoms. The number of benzene rings is 1. The van der Waals surface area contributed by atoms with E-state index in [0.29, 0.717) is 23.8 Å². The molecule has 8 heteroatoms. The second-order valence-electron chi connectivity index (χ2n) is 9.84. The van der Waals surface area contributed by atoms with Crippen LogP contribution in [-0.2, 0) is 13.9 Å². The molecule has 3 rings (SSSR count). The molecule has 2 heterocycles. The highest BCUT2D eigenvalue weighted by Crippen LogP contribution is 2.42. The van der Waals surface area contributed by atoms with Crippen molar-refractivity contribution in [2.45, 2.75) is 70.5 Å². The number of hydrogen-bond donors (Lipinski definition) is 0. The summed E-state index contributed by atoms with van der Waals surface area (Å²) in [6.07, 6.45) is 0.754. The van der Waals surface area contributed by atoms with Gasteiger partial charge in [0.2, 0.25) is 0 Å². The minimum atomic E-state index is -1.95. The zero-order valence-corrected chi connectivity index (χ0v) is 21.4.